The standard InChI is InChI=1S/C18H20N2O3/c1-11-16(18(22)23-3)12(2)19-17(11)15(21)10-20-9-8-13-6-4-5-7-14(13)20/h4-7,19H,8-10H2,1-3H3. The van der Waals surface area contributed by atoms with Crippen molar-refractivity contribution in [3.05, 3.63) is 52.3 Å². The van der Waals surface area contributed by atoms with Gasteiger partial charge in [0.2, 0.25) is 0 Å². The quantitative estimate of drug-likeness (QED) is 0.696. The number of fused-ring (bicyclic) bond motifs is 1. The van der Waals surface area contributed by atoms with Gasteiger partial charge in [0.25, 0.3) is 0 Å². The van der Waals surface area contributed by atoms with E-state index in [0.29, 0.717) is 29.1 Å². The van der Waals surface area contributed by atoms with Gasteiger partial charge < -0.3 is 14.6 Å². The Morgan fingerprint density at radius 2 is 2.00 bits per heavy atom. The number of esters is 1. The number of para-hydroxylation sites is 1. The number of rotatable bonds is 4. The van der Waals surface area contributed by atoms with Crippen LogP contribution in [0, 0.1) is 13.8 Å². The maximum absolute atomic E-state index is 12.7. The minimum absolute atomic E-state index is 0.0162. The fourth-order valence-electron chi connectivity index (χ4n) is 3.26. The Balaban J connectivity index is 1.84. The highest BCUT2D eigenvalue weighted by molar-refractivity contribution is 6.03. The number of methoxy groups -OCH3 is 1. The van der Waals surface area contributed by atoms with Crippen molar-refractivity contribution in [2.24, 2.45) is 0 Å². The summed E-state index contributed by atoms with van der Waals surface area (Å²) in [7, 11) is 1.34. The Kier molecular flexibility index (Phi) is 3.94. The number of nitrogens with zero attached hydrogens (tertiary/aromatic N) is 1. The van der Waals surface area contributed by atoms with Crippen LogP contribution in [-0.2, 0) is 11.2 Å². The van der Waals surface area contributed by atoms with Crippen LogP contribution < -0.4 is 4.90 Å². The highest BCUT2D eigenvalue weighted by atomic mass is 16.5. The number of nitrogens with one attached hydrogen (secondary N) is 1. The molecule has 2 heterocycles. The maximum atomic E-state index is 12.7. The number of hydrogen-bond acceptors (Lipinski definition) is 4. The van der Waals surface area contributed by atoms with E-state index in [1.165, 1.54) is 12.7 Å². The number of aromatic amines is 1. The number of hydrogen-bond donors (Lipinski definition) is 1. The molecular formula is C18H20N2O3. The van der Waals surface area contributed by atoms with Crippen molar-refractivity contribution in [1.82, 2.24) is 4.98 Å². The molecule has 0 atom stereocenters. The summed E-state index contributed by atoms with van der Waals surface area (Å²) < 4.78 is 4.79. The van der Waals surface area contributed by atoms with Crippen LogP contribution in [0.5, 0.6) is 0 Å². The first kappa shape index (κ1) is 15.3. The van der Waals surface area contributed by atoms with Gasteiger partial charge in [-0.05, 0) is 37.5 Å². The summed E-state index contributed by atoms with van der Waals surface area (Å²) in [6.45, 7) is 4.70. The molecule has 5 nitrogen and oxygen atoms in total. The summed E-state index contributed by atoms with van der Waals surface area (Å²) in [5, 5.41) is 0. The number of carbonyl (C=O) groups excluding carboxylic acids is 2. The summed E-state index contributed by atoms with van der Waals surface area (Å²) >= 11 is 0. The number of Topliss-reactive ketones (excluding diaryl/α,β-unsaturated/α-hetero) is 1. The number of H-pyrrole nitrogens is 1. The number of carbonyl (C=O) groups is 2. The van der Waals surface area contributed by atoms with E-state index in [4.69, 9.17) is 4.74 Å². The van der Waals surface area contributed by atoms with Crippen LogP contribution in [-0.4, -0.2) is 36.9 Å². The zero-order valence-electron chi connectivity index (χ0n) is 13.6. The number of ether oxygens (including phenoxy) is 1. The first-order chi connectivity index (χ1) is 11.0. The smallest absolute Gasteiger partial charge is 0.339 e. The van der Waals surface area contributed by atoms with Gasteiger partial charge in [0.1, 0.15) is 0 Å². The molecule has 0 aliphatic carbocycles. The number of ketones is 1. The number of aryl methyl sites for hydroxylation is 1. The molecule has 0 spiro atoms. The van der Waals surface area contributed by atoms with Crippen molar-refractivity contribution in [3.8, 4) is 0 Å². The van der Waals surface area contributed by atoms with Crippen molar-refractivity contribution >= 4 is 17.4 Å². The summed E-state index contributed by atoms with van der Waals surface area (Å²) in [5.41, 5.74) is 4.67. The van der Waals surface area contributed by atoms with E-state index in [9.17, 15) is 9.59 Å². The minimum Gasteiger partial charge on any atom is -0.465 e. The predicted molar refractivity (Wildman–Crippen MR) is 88.3 cm³/mol. The number of benzene rings is 1. The zero-order chi connectivity index (χ0) is 16.6. The molecule has 23 heavy (non-hydrogen) atoms. The molecule has 2 aromatic rings. The van der Waals surface area contributed by atoms with E-state index in [1.54, 1.807) is 13.8 Å². The van der Waals surface area contributed by atoms with Gasteiger partial charge in [-0.3, -0.25) is 4.79 Å². The molecular weight excluding hydrogens is 292 g/mol. The fourth-order valence-corrected chi connectivity index (χ4v) is 3.26. The van der Waals surface area contributed by atoms with Gasteiger partial charge >= 0.3 is 5.97 Å². The zero-order valence-corrected chi connectivity index (χ0v) is 13.6. The topological polar surface area (TPSA) is 62.4 Å². The van der Waals surface area contributed by atoms with Crippen LogP contribution >= 0.6 is 0 Å². The minimum atomic E-state index is -0.415. The maximum Gasteiger partial charge on any atom is 0.339 e. The van der Waals surface area contributed by atoms with Crippen LogP contribution in [0.15, 0.2) is 24.3 Å². The van der Waals surface area contributed by atoms with E-state index >= 15 is 0 Å². The van der Waals surface area contributed by atoms with E-state index in [1.807, 2.05) is 18.2 Å². The molecule has 120 valence electrons. The highest BCUT2D eigenvalue weighted by Gasteiger charge is 2.26. The largest absolute Gasteiger partial charge is 0.465 e. The third kappa shape index (κ3) is 2.63. The van der Waals surface area contributed by atoms with E-state index in [0.717, 1.165) is 18.7 Å². The number of anilines is 1. The number of aromatic nitrogens is 1. The molecule has 0 fully saturated rings. The Labute approximate surface area is 135 Å². The monoisotopic (exact) mass is 312 g/mol. The SMILES string of the molecule is COC(=O)c1c(C)[nH]c(C(=O)CN2CCc3ccccc32)c1C. The summed E-state index contributed by atoms with van der Waals surface area (Å²) in [5.74, 6) is -0.431. The molecule has 0 unspecified atom stereocenters. The van der Waals surface area contributed by atoms with Crippen LogP contribution in [0.2, 0.25) is 0 Å². The third-order valence-electron chi connectivity index (χ3n) is 4.42. The summed E-state index contributed by atoms with van der Waals surface area (Å²) in [4.78, 5) is 29.7. The average molecular weight is 312 g/mol. The lowest BCUT2D eigenvalue weighted by Crippen LogP contribution is -2.28. The van der Waals surface area contributed by atoms with Crippen molar-refractivity contribution in [2.75, 3.05) is 25.1 Å². The third-order valence-corrected chi connectivity index (χ3v) is 4.42. The van der Waals surface area contributed by atoms with Crippen LogP contribution in [0.1, 0.15) is 37.7 Å². The molecule has 1 aliphatic heterocycles. The lowest BCUT2D eigenvalue weighted by atomic mass is 10.1. The van der Waals surface area contributed by atoms with Gasteiger partial charge in [0.05, 0.1) is 24.9 Å². The summed E-state index contributed by atoms with van der Waals surface area (Å²) in [6.07, 6.45) is 0.958. The molecule has 1 aromatic carbocycles. The lowest BCUT2D eigenvalue weighted by molar-refractivity contribution is 0.0599. The van der Waals surface area contributed by atoms with E-state index in [-0.39, 0.29) is 5.78 Å². The second-order valence-corrected chi connectivity index (χ2v) is 5.84. The molecule has 0 saturated heterocycles. The van der Waals surface area contributed by atoms with Crippen LogP contribution in [0.25, 0.3) is 0 Å². The van der Waals surface area contributed by atoms with Gasteiger partial charge in [-0.15, -0.1) is 0 Å². The Morgan fingerprint density at radius 3 is 2.74 bits per heavy atom. The Bertz CT molecular complexity index is 777. The van der Waals surface area contributed by atoms with Crippen molar-refractivity contribution in [1.29, 1.82) is 0 Å². The van der Waals surface area contributed by atoms with Crippen LogP contribution in [0.3, 0.4) is 0 Å². The molecule has 0 bridgehead atoms. The molecule has 1 aromatic heterocycles. The van der Waals surface area contributed by atoms with Gasteiger partial charge in [-0.2, -0.15) is 0 Å². The lowest BCUT2D eigenvalue weighted by Gasteiger charge is -2.18. The fraction of sp³-hybridized carbons (Fsp3) is 0.333. The highest BCUT2D eigenvalue weighted by Crippen LogP contribution is 2.28. The average Bonchev–Trinajstić information content (AvgIpc) is 3.08. The van der Waals surface area contributed by atoms with E-state index in [2.05, 4.69) is 16.0 Å². The molecule has 1 N–H and O–H groups in total. The van der Waals surface area contributed by atoms with Gasteiger partial charge in [0, 0.05) is 17.9 Å². The molecule has 0 amide bonds. The van der Waals surface area contributed by atoms with Crippen molar-refractivity contribution in [3.63, 3.8) is 0 Å². The Hall–Kier alpha value is -2.56. The van der Waals surface area contributed by atoms with Gasteiger partial charge in [0.15, 0.2) is 5.78 Å². The van der Waals surface area contributed by atoms with Crippen molar-refractivity contribution < 1.29 is 14.3 Å². The van der Waals surface area contributed by atoms with Crippen LogP contribution in [0.4, 0.5) is 5.69 Å². The predicted octanol–water partition coefficient (Wildman–Crippen LogP) is 2.66. The molecule has 0 saturated carbocycles. The molecule has 1 aliphatic rings. The molecule has 5 heteroatoms. The first-order valence-electron chi connectivity index (χ1n) is 7.66. The Morgan fingerprint density at radius 1 is 1.26 bits per heavy atom. The van der Waals surface area contributed by atoms with Crippen molar-refractivity contribution in [2.45, 2.75) is 20.3 Å². The second kappa shape index (κ2) is 5.91. The summed E-state index contributed by atoms with van der Waals surface area (Å²) in [6, 6.07) is 8.15. The molecule has 3 rings (SSSR count). The van der Waals surface area contributed by atoms with Gasteiger partial charge in [-0.1, -0.05) is 18.2 Å². The second-order valence-electron chi connectivity index (χ2n) is 5.84. The first-order valence-corrected chi connectivity index (χ1v) is 7.66. The van der Waals surface area contributed by atoms with E-state index < -0.39 is 5.97 Å². The normalized spacial score (nSPS) is 13.1. The van der Waals surface area contributed by atoms with Gasteiger partial charge in [-0.25, -0.2) is 4.79 Å². The molecule has 0 radical (unpaired) electrons.